The SMILES string of the molecule is CCCCCN1C/C=C\CCC(=O)OC[C@@H](c2ccccc2)NC(=O)[C@@H]2[C@H]3O[C@@]4(C=C3Br)[C@H](C1=O)N(CCO)C(=O)[C@@H]24. The number of aliphatic hydroxyl groups is 1. The van der Waals surface area contributed by atoms with Crippen LogP contribution in [0, 0.1) is 11.8 Å². The molecule has 6 atom stereocenters. The molecule has 0 aromatic heterocycles. The summed E-state index contributed by atoms with van der Waals surface area (Å²) in [6.45, 7) is 2.41. The third-order valence-corrected chi connectivity index (χ3v) is 9.26. The first kappa shape index (κ1) is 30.4. The van der Waals surface area contributed by atoms with Gasteiger partial charge in [-0.25, -0.2) is 0 Å². The van der Waals surface area contributed by atoms with Gasteiger partial charge in [0.1, 0.15) is 24.4 Å². The number of benzene rings is 1. The van der Waals surface area contributed by atoms with E-state index in [1.54, 1.807) is 11.0 Å². The number of amides is 3. The molecule has 3 amide bonds. The summed E-state index contributed by atoms with van der Waals surface area (Å²) in [6, 6.07) is 7.52. The van der Waals surface area contributed by atoms with Gasteiger partial charge in [0.25, 0.3) is 0 Å². The highest BCUT2D eigenvalue weighted by Gasteiger charge is 2.74. The lowest BCUT2D eigenvalue weighted by Gasteiger charge is -2.35. The maximum atomic E-state index is 14.3. The zero-order chi connectivity index (χ0) is 29.9. The van der Waals surface area contributed by atoms with Gasteiger partial charge in [-0.15, -0.1) is 0 Å². The number of unbranched alkanes of at least 4 members (excludes halogenated alkanes) is 2. The number of fused-ring (bicyclic) bond motifs is 2. The molecule has 11 heteroatoms. The van der Waals surface area contributed by atoms with E-state index in [2.05, 4.69) is 28.2 Å². The third kappa shape index (κ3) is 5.66. The molecular weight excluding hydrogens is 606 g/mol. The van der Waals surface area contributed by atoms with Gasteiger partial charge in [-0.05, 0) is 24.5 Å². The van der Waals surface area contributed by atoms with Crippen LogP contribution in [0.1, 0.15) is 50.6 Å². The van der Waals surface area contributed by atoms with E-state index in [4.69, 9.17) is 9.47 Å². The van der Waals surface area contributed by atoms with Crippen LogP contribution in [0.25, 0.3) is 0 Å². The highest BCUT2D eigenvalue weighted by atomic mass is 79.9. The Kier molecular flexibility index (Phi) is 9.49. The van der Waals surface area contributed by atoms with Gasteiger partial charge in [-0.2, -0.15) is 0 Å². The summed E-state index contributed by atoms with van der Waals surface area (Å²) in [5.41, 5.74) is -0.607. The van der Waals surface area contributed by atoms with Gasteiger partial charge in [-0.1, -0.05) is 78.2 Å². The van der Waals surface area contributed by atoms with Crippen molar-refractivity contribution in [1.29, 1.82) is 0 Å². The quantitative estimate of drug-likeness (QED) is 0.266. The first-order valence-corrected chi connectivity index (χ1v) is 15.5. The Morgan fingerprint density at radius 3 is 2.60 bits per heavy atom. The zero-order valence-corrected chi connectivity index (χ0v) is 25.3. The zero-order valence-electron chi connectivity index (χ0n) is 23.7. The molecule has 10 nitrogen and oxygen atoms in total. The second kappa shape index (κ2) is 13.1. The number of ether oxygens (including phenoxy) is 2. The van der Waals surface area contributed by atoms with Crippen molar-refractivity contribution in [3.05, 3.63) is 58.6 Å². The van der Waals surface area contributed by atoms with Gasteiger partial charge in [-0.3, -0.25) is 19.2 Å². The predicted octanol–water partition coefficient (Wildman–Crippen LogP) is 2.62. The summed E-state index contributed by atoms with van der Waals surface area (Å²) in [6.07, 6.45) is 8.03. The molecule has 2 saturated heterocycles. The molecule has 5 rings (SSSR count). The number of hydrogen-bond donors (Lipinski definition) is 2. The van der Waals surface area contributed by atoms with E-state index >= 15 is 0 Å². The average molecular weight is 645 g/mol. The lowest BCUT2D eigenvalue weighted by atomic mass is 9.74. The van der Waals surface area contributed by atoms with Crippen molar-refractivity contribution in [2.75, 3.05) is 32.8 Å². The molecule has 4 aliphatic rings. The monoisotopic (exact) mass is 643 g/mol. The summed E-state index contributed by atoms with van der Waals surface area (Å²) in [4.78, 5) is 58.1. The number of halogens is 1. The number of hydrogen-bond acceptors (Lipinski definition) is 7. The number of carbonyl (C=O) groups excluding carboxylic acids is 4. The number of aliphatic hydroxyl groups excluding tert-OH is 1. The topological polar surface area (TPSA) is 125 Å². The Balaban J connectivity index is 1.55. The largest absolute Gasteiger partial charge is 0.463 e. The molecule has 4 heterocycles. The number of carbonyl (C=O) groups is 4. The number of nitrogens with one attached hydrogen (secondary N) is 1. The number of likely N-dealkylation sites (tertiary alicyclic amines) is 1. The van der Waals surface area contributed by atoms with Crippen LogP contribution in [-0.4, -0.2) is 89.2 Å². The lowest BCUT2D eigenvalue weighted by molar-refractivity contribution is -0.148. The number of nitrogens with zero attached hydrogens (tertiary/aromatic N) is 2. The van der Waals surface area contributed by atoms with E-state index in [1.165, 1.54) is 4.90 Å². The Morgan fingerprint density at radius 1 is 1.07 bits per heavy atom. The molecule has 0 aliphatic carbocycles. The smallest absolute Gasteiger partial charge is 0.306 e. The van der Waals surface area contributed by atoms with Crippen LogP contribution in [0.5, 0.6) is 0 Å². The van der Waals surface area contributed by atoms with Crippen LogP contribution < -0.4 is 5.32 Å². The molecule has 0 unspecified atom stereocenters. The maximum absolute atomic E-state index is 14.3. The minimum absolute atomic E-state index is 0.0530. The fourth-order valence-corrected chi connectivity index (χ4v) is 7.34. The number of esters is 1. The van der Waals surface area contributed by atoms with Crippen LogP contribution >= 0.6 is 15.9 Å². The molecule has 2 N–H and O–H groups in total. The van der Waals surface area contributed by atoms with Gasteiger partial charge in [0.15, 0.2) is 0 Å². The Bertz CT molecular complexity index is 1250. The molecular formula is C31H38BrN3O7. The van der Waals surface area contributed by atoms with Crippen LogP contribution in [0.3, 0.4) is 0 Å². The molecule has 1 aromatic rings. The minimum Gasteiger partial charge on any atom is -0.463 e. The van der Waals surface area contributed by atoms with Crippen molar-refractivity contribution < 1.29 is 33.8 Å². The first-order valence-electron chi connectivity index (χ1n) is 14.7. The van der Waals surface area contributed by atoms with Crippen molar-refractivity contribution >= 4 is 39.6 Å². The van der Waals surface area contributed by atoms with E-state index in [0.717, 1.165) is 24.8 Å². The van der Waals surface area contributed by atoms with E-state index in [-0.39, 0.29) is 32.1 Å². The van der Waals surface area contributed by atoms with Gasteiger partial charge in [0.2, 0.25) is 17.7 Å². The number of cyclic esters (lactones) is 1. The highest BCUT2D eigenvalue weighted by molar-refractivity contribution is 9.11. The Labute approximate surface area is 254 Å². The van der Waals surface area contributed by atoms with Gasteiger partial charge in [0.05, 0.1) is 24.5 Å². The number of β-amino-alcohol motifs (C(OH)–C–C–N with tert-alkyl or cyclic N) is 1. The first-order chi connectivity index (χ1) is 20.3. The second-order valence-electron chi connectivity index (χ2n) is 11.2. The van der Waals surface area contributed by atoms with E-state index in [1.807, 2.05) is 42.5 Å². The standard InChI is InChI=1S/C31H38BrN3O7/c1-2-3-9-14-34-15-10-5-8-13-23(37)41-19-22(20-11-6-4-7-12-20)33-28(38)24-25-29(39)35(16-17-36)27(30(34)40)31(25)18-21(32)26(24)42-31/h4-7,10-12,18,22,24-27,36H,2-3,8-9,13-17,19H2,1H3,(H,33,38)/b10-5-/t22-,24-,25+,26-,27-,31+/m0/s1. The van der Waals surface area contributed by atoms with Crippen molar-refractivity contribution in [3.8, 4) is 0 Å². The van der Waals surface area contributed by atoms with Crippen molar-refractivity contribution in [2.24, 2.45) is 11.8 Å². The number of rotatable bonds is 7. The van der Waals surface area contributed by atoms with Gasteiger partial charge in [0, 0.05) is 30.5 Å². The van der Waals surface area contributed by atoms with E-state index in [0.29, 0.717) is 24.0 Å². The molecule has 42 heavy (non-hydrogen) atoms. The molecule has 1 aromatic carbocycles. The van der Waals surface area contributed by atoms with Crippen LogP contribution in [0.2, 0.25) is 0 Å². The molecule has 2 fully saturated rings. The molecule has 226 valence electrons. The fourth-order valence-electron chi connectivity index (χ4n) is 6.60. The van der Waals surface area contributed by atoms with E-state index in [9.17, 15) is 24.3 Å². The summed E-state index contributed by atoms with van der Waals surface area (Å²) < 4.78 is 12.7. The summed E-state index contributed by atoms with van der Waals surface area (Å²) >= 11 is 3.56. The minimum atomic E-state index is -1.36. The van der Waals surface area contributed by atoms with Crippen molar-refractivity contribution in [1.82, 2.24) is 15.1 Å². The second-order valence-corrected chi connectivity index (χ2v) is 12.2. The van der Waals surface area contributed by atoms with Crippen LogP contribution in [0.4, 0.5) is 0 Å². The van der Waals surface area contributed by atoms with Crippen LogP contribution in [-0.2, 0) is 28.7 Å². The highest BCUT2D eigenvalue weighted by Crippen LogP contribution is 2.58. The third-order valence-electron chi connectivity index (χ3n) is 8.58. The molecule has 0 radical (unpaired) electrons. The van der Waals surface area contributed by atoms with Crippen molar-refractivity contribution in [2.45, 2.75) is 62.8 Å². The summed E-state index contributed by atoms with van der Waals surface area (Å²) in [5.74, 6) is -3.39. The van der Waals surface area contributed by atoms with Gasteiger partial charge >= 0.3 is 5.97 Å². The normalized spacial score (nSPS) is 32.5. The summed E-state index contributed by atoms with van der Waals surface area (Å²) in [7, 11) is 0. The van der Waals surface area contributed by atoms with Crippen molar-refractivity contribution in [3.63, 3.8) is 0 Å². The van der Waals surface area contributed by atoms with Gasteiger partial charge < -0.3 is 29.7 Å². The molecule has 0 saturated carbocycles. The predicted molar refractivity (Wildman–Crippen MR) is 157 cm³/mol. The van der Waals surface area contributed by atoms with E-state index < -0.39 is 53.4 Å². The Hall–Kier alpha value is -3.02. The Morgan fingerprint density at radius 2 is 1.86 bits per heavy atom. The number of allylic oxidation sites excluding steroid dienone is 1. The molecule has 4 aliphatic heterocycles. The van der Waals surface area contributed by atoms with Crippen LogP contribution in [0.15, 0.2) is 53.0 Å². The maximum Gasteiger partial charge on any atom is 0.306 e. The average Bonchev–Trinajstić information content (AvgIpc) is 3.57. The lowest BCUT2D eigenvalue weighted by Crippen LogP contribution is -2.56. The molecule has 1 spiro atoms. The summed E-state index contributed by atoms with van der Waals surface area (Å²) in [5, 5.41) is 12.9. The molecule has 5 bridgehead atoms. The fraction of sp³-hybridized carbons (Fsp3) is 0.548.